The monoisotopic (exact) mass is 420 g/mol. The summed E-state index contributed by atoms with van der Waals surface area (Å²) in [6.07, 6.45) is 14.3. The number of ether oxygens (including phenoxy) is 2. The lowest BCUT2D eigenvalue weighted by atomic mass is 9.92. The van der Waals surface area contributed by atoms with E-state index in [1.54, 1.807) is 0 Å². The summed E-state index contributed by atoms with van der Waals surface area (Å²) in [5.74, 6) is 1.19. The van der Waals surface area contributed by atoms with Gasteiger partial charge in [0.05, 0.1) is 16.1 Å². The van der Waals surface area contributed by atoms with Crippen molar-refractivity contribution in [3.63, 3.8) is 0 Å². The van der Waals surface area contributed by atoms with Crippen molar-refractivity contribution in [2.24, 2.45) is 0 Å². The van der Waals surface area contributed by atoms with Crippen LogP contribution in [0.25, 0.3) is 0 Å². The van der Waals surface area contributed by atoms with E-state index < -0.39 is 0 Å². The first-order chi connectivity index (χ1) is 12.7. The summed E-state index contributed by atoms with van der Waals surface area (Å²) in [6, 6.07) is 3.91. The van der Waals surface area contributed by atoms with E-state index in [4.69, 9.17) is 9.47 Å². The van der Waals surface area contributed by atoms with Gasteiger partial charge in [-0.3, -0.25) is 0 Å². The molecule has 0 heterocycles. The Balaban J connectivity index is 1.61. The molecular weight excluding hydrogens is 392 g/mol. The fourth-order valence-corrected chi connectivity index (χ4v) is 5.63. The lowest BCUT2D eigenvalue weighted by molar-refractivity contribution is 0.0316. The zero-order valence-corrected chi connectivity index (χ0v) is 17.1. The Hall–Kier alpha value is -1.03. The summed E-state index contributed by atoms with van der Waals surface area (Å²) in [5, 5.41) is 0. The van der Waals surface area contributed by atoms with Crippen molar-refractivity contribution in [2.75, 3.05) is 0 Å². The molecule has 1 aromatic carbocycles. The normalized spacial score (nSPS) is 22.2. The average Bonchev–Trinajstić information content (AvgIpc) is 3.40. The van der Waals surface area contributed by atoms with Gasteiger partial charge in [0.1, 0.15) is 11.9 Å². The van der Waals surface area contributed by atoms with E-state index in [-0.39, 0.29) is 12.1 Å². The van der Waals surface area contributed by atoms with Gasteiger partial charge in [0.15, 0.2) is 0 Å². The SMILES string of the molecule is O=C(OC1CCCC1)c1ccc(OC2CCCC2)c(Br)c1C1CCCC1. The van der Waals surface area contributed by atoms with Crippen LogP contribution in [0.15, 0.2) is 16.6 Å². The molecule has 3 aliphatic carbocycles. The molecule has 26 heavy (non-hydrogen) atoms. The number of benzene rings is 1. The molecule has 0 atom stereocenters. The lowest BCUT2D eigenvalue weighted by Crippen LogP contribution is -2.18. The summed E-state index contributed by atoms with van der Waals surface area (Å²) >= 11 is 3.80. The van der Waals surface area contributed by atoms with Crippen LogP contribution in [-0.4, -0.2) is 18.2 Å². The summed E-state index contributed by atoms with van der Waals surface area (Å²) in [6.45, 7) is 0. The number of halogens is 1. The van der Waals surface area contributed by atoms with Crippen molar-refractivity contribution in [2.45, 2.75) is 95.2 Å². The quantitative estimate of drug-likeness (QED) is 0.507. The largest absolute Gasteiger partial charge is 0.489 e. The Morgan fingerprint density at radius 3 is 2.08 bits per heavy atom. The van der Waals surface area contributed by atoms with E-state index in [9.17, 15) is 4.79 Å². The Bertz CT molecular complexity index is 639. The van der Waals surface area contributed by atoms with E-state index in [1.165, 1.54) is 38.5 Å². The van der Waals surface area contributed by atoms with Gasteiger partial charge in [0.2, 0.25) is 0 Å². The summed E-state index contributed by atoms with van der Waals surface area (Å²) in [5.41, 5.74) is 1.87. The fraction of sp³-hybridized carbons (Fsp3) is 0.682. The van der Waals surface area contributed by atoms with Crippen LogP contribution in [0, 0.1) is 0 Å². The van der Waals surface area contributed by atoms with Crippen molar-refractivity contribution >= 4 is 21.9 Å². The van der Waals surface area contributed by atoms with Gasteiger partial charge in [0, 0.05) is 0 Å². The second kappa shape index (κ2) is 8.33. The summed E-state index contributed by atoms with van der Waals surface area (Å²) < 4.78 is 13.1. The van der Waals surface area contributed by atoms with Gasteiger partial charge in [-0.2, -0.15) is 0 Å². The van der Waals surface area contributed by atoms with Crippen molar-refractivity contribution in [1.29, 1.82) is 0 Å². The molecule has 142 valence electrons. The maximum Gasteiger partial charge on any atom is 0.338 e. The Labute approximate surface area is 165 Å². The molecule has 3 aliphatic rings. The molecule has 4 heteroatoms. The standard InChI is InChI=1S/C22H29BrO3/c23-21-19(25-16-9-3-4-10-16)14-13-18(20(21)15-7-1-2-8-15)22(24)26-17-11-5-6-12-17/h13-17H,1-12H2. The van der Waals surface area contributed by atoms with Crippen LogP contribution < -0.4 is 4.74 Å². The molecule has 0 saturated heterocycles. The molecule has 4 rings (SSSR count). The van der Waals surface area contributed by atoms with Gasteiger partial charge < -0.3 is 9.47 Å². The van der Waals surface area contributed by atoms with Crippen LogP contribution in [-0.2, 0) is 4.74 Å². The number of hydrogen-bond acceptors (Lipinski definition) is 3. The summed E-state index contributed by atoms with van der Waals surface area (Å²) in [7, 11) is 0. The van der Waals surface area contributed by atoms with Gasteiger partial charge in [-0.1, -0.05) is 12.8 Å². The molecule has 0 radical (unpaired) electrons. The highest BCUT2D eigenvalue weighted by Crippen LogP contribution is 2.44. The Morgan fingerprint density at radius 1 is 0.846 bits per heavy atom. The van der Waals surface area contributed by atoms with Crippen LogP contribution in [0.5, 0.6) is 5.75 Å². The van der Waals surface area contributed by atoms with E-state index in [1.807, 2.05) is 12.1 Å². The van der Waals surface area contributed by atoms with E-state index in [0.717, 1.165) is 59.9 Å². The minimum absolute atomic E-state index is 0.104. The molecule has 0 spiro atoms. The van der Waals surface area contributed by atoms with E-state index >= 15 is 0 Å². The molecule has 3 fully saturated rings. The third kappa shape index (κ3) is 3.95. The van der Waals surface area contributed by atoms with Crippen LogP contribution in [0.4, 0.5) is 0 Å². The minimum atomic E-state index is -0.146. The van der Waals surface area contributed by atoms with Gasteiger partial charge in [-0.25, -0.2) is 4.79 Å². The van der Waals surface area contributed by atoms with E-state index in [0.29, 0.717) is 12.0 Å². The molecule has 3 nitrogen and oxygen atoms in total. The molecule has 3 saturated carbocycles. The van der Waals surface area contributed by atoms with Crippen molar-refractivity contribution in [3.8, 4) is 5.75 Å². The highest BCUT2D eigenvalue weighted by Gasteiger charge is 2.30. The molecular formula is C22H29BrO3. The molecule has 0 amide bonds. The molecule has 0 bridgehead atoms. The zero-order chi connectivity index (χ0) is 17.9. The van der Waals surface area contributed by atoms with Crippen LogP contribution in [0.3, 0.4) is 0 Å². The van der Waals surface area contributed by atoms with Gasteiger partial charge in [-0.15, -0.1) is 0 Å². The highest BCUT2D eigenvalue weighted by molar-refractivity contribution is 9.10. The smallest absolute Gasteiger partial charge is 0.338 e. The number of carbonyl (C=O) groups is 1. The predicted octanol–water partition coefficient (Wildman–Crippen LogP) is 6.53. The van der Waals surface area contributed by atoms with Crippen LogP contribution in [0.2, 0.25) is 0 Å². The second-order valence-electron chi connectivity index (χ2n) is 8.16. The molecule has 0 N–H and O–H groups in total. The predicted molar refractivity (Wildman–Crippen MR) is 106 cm³/mol. The number of carbonyl (C=O) groups excluding carboxylic acids is 1. The first-order valence-electron chi connectivity index (χ1n) is 10.4. The van der Waals surface area contributed by atoms with Crippen LogP contribution in [0.1, 0.15) is 98.9 Å². The van der Waals surface area contributed by atoms with Gasteiger partial charge in [-0.05, 0) is 104 Å². The number of esters is 1. The molecule has 0 unspecified atom stereocenters. The van der Waals surface area contributed by atoms with Crippen molar-refractivity contribution in [3.05, 3.63) is 27.7 Å². The van der Waals surface area contributed by atoms with Gasteiger partial charge in [0.25, 0.3) is 0 Å². The summed E-state index contributed by atoms with van der Waals surface area (Å²) in [4.78, 5) is 12.9. The average molecular weight is 421 g/mol. The maximum absolute atomic E-state index is 12.9. The maximum atomic E-state index is 12.9. The number of rotatable bonds is 5. The fourth-order valence-electron chi connectivity index (χ4n) is 4.86. The second-order valence-corrected chi connectivity index (χ2v) is 8.95. The van der Waals surface area contributed by atoms with E-state index in [2.05, 4.69) is 15.9 Å². The third-order valence-electron chi connectivity index (χ3n) is 6.30. The zero-order valence-electron chi connectivity index (χ0n) is 15.5. The van der Waals surface area contributed by atoms with Crippen LogP contribution >= 0.6 is 15.9 Å². The first kappa shape index (κ1) is 18.3. The number of hydrogen-bond donors (Lipinski definition) is 0. The van der Waals surface area contributed by atoms with Crippen molar-refractivity contribution in [1.82, 2.24) is 0 Å². The highest BCUT2D eigenvalue weighted by atomic mass is 79.9. The third-order valence-corrected chi connectivity index (χ3v) is 7.12. The molecule has 1 aromatic rings. The first-order valence-corrected chi connectivity index (χ1v) is 11.2. The van der Waals surface area contributed by atoms with Gasteiger partial charge >= 0.3 is 5.97 Å². The molecule has 0 aromatic heterocycles. The Morgan fingerprint density at radius 2 is 1.42 bits per heavy atom. The lowest BCUT2D eigenvalue weighted by Gasteiger charge is -2.22. The Kier molecular flexibility index (Phi) is 5.87. The topological polar surface area (TPSA) is 35.5 Å². The minimum Gasteiger partial charge on any atom is -0.489 e. The molecule has 0 aliphatic heterocycles. The van der Waals surface area contributed by atoms with Crippen molar-refractivity contribution < 1.29 is 14.3 Å².